The summed E-state index contributed by atoms with van der Waals surface area (Å²) in [6, 6.07) is 11.0. The highest BCUT2D eigenvalue weighted by molar-refractivity contribution is 7.89. The van der Waals surface area contributed by atoms with Crippen molar-refractivity contribution in [3.63, 3.8) is 0 Å². The Morgan fingerprint density at radius 1 is 1.14 bits per heavy atom. The molecule has 0 radical (unpaired) electrons. The number of halogens is 1. The molecule has 2 aromatic carbocycles. The van der Waals surface area contributed by atoms with Gasteiger partial charge in [0.05, 0.1) is 41.9 Å². The fourth-order valence-electron chi connectivity index (χ4n) is 6.54. The summed E-state index contributed by atoms with van der Waals surface area (Å²) < 4.78 is 41.3. The number of rotatable bonds is 8. The number of anilines is 1. The predicted octanol–water partition coefficient (Wildman–Crippen LogP) is 5.03. The van der Waals surface area contributed by atoms with Crippen molar-refractivity contribution in [3.8, 4) is 5.75 Å². The van der Waals surface area contributed by atoms with Gasteiger partial charge in [0.1, 0.15) is 12.4 Å². The molecule has 2 heterocycles. The molecule has 1 saturated heterocycles. The fraction of sp³-hybridized carbons (Fsp3) is 0.581. The van der Waals surface area contributed by atoms with E-state index in [1.807, 2.05) is 25.1 Å². The fourth-order valence-corrected chi connectivity index (χ4v) is 7.07. The van der Waals surface area contributed by atoms with Crippen LogP contribution in [0.15, 0.2) is 36.4 Å². The second kappa shape index (κ2) is 13.5. The molecule has 9 nitrogen and oxygen atoms in total. The van der Waals surface area contributed by atoms with E-state index in [1.165, 1.54) is 5.56 Å². The molecule has 2 fully saturated rings. The van der Waals surface area contributed by atoms with Crippen LogP contribution in [-0.4, -0.2) is 63.3 Å². The Kier molecular flexibility index (Phi) is 9.99. The van der Waals surface area contributed by atoms with E-state index >= 15 is 0 Å². The van der Waals surface area contributed by atoms with E-state index in [2.05, 4.69) is 4.90 Å². The highest BCUT2D eigenvalue weighted by Gasteiger charge is 2.42. The van der Waals surface area contributed by atoms with Crippen LogP contribution < -0.4 is 14.8 Å². The van der Waals surface area contributed by atoms with Crippen LogP contribution in [0.4, 0.5) is 5.69 Å². The van der Waals surface area contributed by atoms with Gasteiger partial charge in [0.25, 0.3) is 0 Å². The second-order valence-electron chi connectivity index (χ2n) is 11.9. The summed E-state index contributed by atoms with van der Waals surface area (Å²) in [4.78, 5) is 14.2. The summed E-state index contributed by atoms with van der Waals surface area (Å²) >= 11 is 6.29. The molecule has 42 heavy (non-hydrogen) atoms. The zero-order valence-corrected chi connectivity index (χ0v) is 25.6. The molecule has 0 unspecified atom stereocenters. The molecule has 2 aromatic rings. The molecular weight excluding hydrogens is 580 g/mol. The number of nitrogens with zero attached hydrogens (tertiary/aromatic N) is 1. The van der Waals surface area contributed by atoms with Gasteiger partial charge in [-0.25, -0.2) is 18.4 Å². The SMILES string of the molecule is C[C@@H]1C[C@@H](OCCS(N)(=O)=O)C[C@@H]([C@@H]2CC[C@H]2CN2CCCCc3cc(Cl)ccc3COc3ccc(C(=O)O)cc32)O1. The van der Waals surface area contributed by atoms with E-state index < -0.39 is 16.0 Å². The van der Waals surface area contributed by atoms with Crippen LogP contribution >= 0.6 is 11.6 Å². The number of hydrogen-bond donors (Lipinski definition) is 2. The minimum atomic E-state index is -3.56. The second-order valence-corrected chi connectivity index (χ2v) is 14.1. The number of carboxylic acid groups (broad SMARTS) is 1. The number of primary sulfonamides is 1. The quantitative estimate of drug-likeness (QED) is 0.421. The van der Waals surface area contributed by atoms with Gasteiger partial charge in [-0.1, -0.05) is 17.7 Å². The van der Waals surface area contributed by atoms with Gasteiger partial charge in [0, 0.05) is 24.5 Å². The van der Waals surface area contributed by atoms with Crippen LogP contribution in [0.2, 0.25) is 5.02 Å². The zero-order valence-electron chi connectivity index (χ0n) is 24.0. The molecular formula is C31H41ClN2O7S. The average molecular weight is 621 g/mol. The molecule has 3 N–H and O–H groups in total. The van der Waals surface area contributed by atoms with Crippen molar-refractivity contribution in [2.45, 2.75) is 76.8 Å². The van der Waals surface area contributed by atoms with Gasteiger partial charge in [-0.2, -0.15) is 0 Å². The van der Waals surface area contributed by atoms with Gasteiger partial charge >= 0.3 is 5.97 Å². The monoisotopic (exact) mass is 620 g/mol. The van der Waals surface area contributed by atoms with Crippen LogP contribution in [-0.2, 0) is 32.5 Å². The van der Waals surface area contributed by atoms with Gasteiger partial charge < -0.3 is 24.2 Å². The number of nitrogens with two attached hydrogens (primary N) is 1. The molecule has 1 saturated carbocycles. The van der Waals surface area contributed by atoms with Crippen molar-refractivity contribution in [1.82, 2.24) is 0 Å². The minimum Gasteiger partial charge on any atom is -0.487 e. The third-order valence-corrected chi connectivity index (χ3v) is 9.82. The average Bonchev–Trinajstić information content (AvgIpc) is 2.93. The Hall–Kier alpha value is -2.37. The van der Waals surface area contributed by atoms with Gasteiger partial charge in [-0.05, 0) is 98.7 Å². The summed E-state index contributed by atoms with van der Waals surface area (Å²) in [5.74, 6) is 0.222. The summed E-state index contributed by atoms with van der Waals surface area (Å²) in [5.41, 5.74) is 3.31. The van der Waals surface area contributed by atoms with Crippen molar-refractivity contribution in [2.75, 3.05) is 30.3 Å². The Balaban J connectivity index is 1.32. The zero-order chi connectivity index (χ0) is 29.9. The number of hydrogen-bond acceptors (Lipinski definition) is 7. The first kappa shape index (κ1) is 31.1. The molecule has 11 heteroatoms. The number of benzene rings is 2. The first-order valence-corrected chi connectivity index (χ1v) is 16.9. The molecule has 2 aliphatic heterocycles. The number of carboxylic acids is 1. The molecule has 5 atom stereocenters. The first-order chi connectivity index (χ1) is 20.1. The standard InChI is InChI=1S/C31H41ClN2O7S/c1-20-14-26(39-12-13-42(33,37)38)17-30(41-20)27-9-6-23(27)18-34-11-3-2-4-21-15-25(32)8-5-24(21)19-40-29-10-7-22(31(35)36)16-28(29)34/h5,7-8,10,15-16,20,23,26-27,30H,2-4,6,9,11-14,17-19H2,1H3,(H,35,36)(H2,33,37,38)/t20-,23+,26-,27-,30+/m1/s1. The number of ether oxygens (including phenoxy) is 3. The van der Waals surface area contributed by atoms with E-state index in [0.717, 1.165) is 69.3 Å². The van der Waals surface area contributed by atoms with Crippen molar-refractivity contribution >= 4 is 33.3 Å². The van der Waals surface area contributed by atoms with E-state index in [-0.39, 0.29) is 36.2 Å². The Bertz CT molecular complexity index is 1370. The van der Waals surface area contributed by atoms with Crippen LogP contribution in [0, 0.1) is 11.8 Å². The molecule has 0 amide bonds. The maximum Gasteiger partial charge on any atom is 0.335 e. The predicted molar refractivity (Wildman–Crippen MR) is 162 cm³/mol. The topological polar surface area (TPSA) is 128 Å². The smallest absolute Gasteiger partial charge is 0.335 e. The highest BCUT2D eigenvalue weighted by Crippen LogP contribution is 2.44. The molecule has 0 bridgehead atoms. The molecule has 1 aliphatic carbocycles. The lowest BCUT2D eigenvalue weighted by molar-refractivity contribution is -0.146. The molecule has 5 rings (SSSR count). The van der Waals surface area contributed by atoms with E-state index in [1.54, 1.807) is 18.2 Å². The van der Waals surface area contributed by atoms with E-state index in [9.17, 15) is 18.3 Å². The Morgan fingerprint density at radius 3 is 2.71 bits per heavy atom. The van der Waals surface area contributed by atoms with Crippen LogP contribution in [0.25, 0.3) is 0 Å². The lowest BCUT2D eigenvalue weighted by Gasteiger charge is -2.47. The number of fused-ring (bicyclic) bond motifs is 2. The van der Waals surface area contributed by atoms with E-state index in [4.69, 9.17) is 31.0 Å². The molecule has 0 spiro atoms. The maximum atomic E-state index is 11.9. The van der Waals surface area contributed by atoms with Gasteiger partial charge in [0.15, 0.2) is 0 Å². The summed E-state index contributed by atoms with van der Waals surface area (Å²) in [6.45, 7) is 4.06. The summed E-state index contributed by atoms with van der Waals surface area (Å²) in [5, 5.41) is 15.6. The first-order valence-electron chi connectivity index (χ1n) is 14.9. The lowest BCUT2D eigenvalue weighted by Crippen LogP contribution is -2.49. The third kappa shape index (κ3) is 7.96. The molecule has 0 aromatic heterocycles. The number of carbonyl (C=O) groups is 1. The van der Waals surface area contributed by atoms with Gasteiger partial charge in [-0.15, -0.1) is 0 Å². The van der Waals surface area contributed by atoms with Crippen molar-refractivity contribution in [2.24, 2.45) is 17.0 Å². The number of aryl methyl sites for hydroxylation is 1. The minimum absolute atomic E-state index is 0.0181. The summed E-state index contributed by atoms with van der Waals surface area (Å²) in [7, 11) is -3.56. The number of sulfonamides is 1. The molecule has 3 aliphatic rings. The number of aromatic carboxylic acids is 1. The van der Waals surface area contributed by atoms with Crippen molar-refractivity contribution < 1.29 is 32.5 Å². The van der Waals surface area contributed by atoms with E-state index in [0.29, 0.717) is 29.2 Å². The summed E-state index contributed by atoms with van der Waals surface area (Å²) in [6.07, 6.45) is 6.35. The normalized spacial score (nSPS) is 26.6. The Labute approximate surface area is 253 Å². The van der Waals surface area contributed by atoms with Gasteiger partial charge in [-0.3, -0.25) is 0 Å². The molecule has 230 valence electrons. The largest absolute Gasteiger partial charge is 0.487 e. The van der Waals surface area contributed by atoms with Crippen molar-refractivity contribution in [3.05, 3.63) is 58.1 Å². The van der Waals surface area contributed by atoms with Crippen LogP contribution in [0.1, 0.15) is 66.9 Å². The maximum absolute atomic E-state index is 11.9. The lowest BCUT2D eigenvalue weighted by atomic mass is 9.68. The van der Waals surface area contributed by atoms with Crippen LogP contribution in [0.5, 0.6) is 5.75 Å². The van der Waals surface area contributed by atoms with Gasteiger partial charge in [0.2, 0.25) is 10.0 Å². The van der Waals surface area contributed by atoms with Crippen molar-refractivity contribution in [1.29, 1.82) is 0 Å². The highest BCUT2D eigenvalue weighted by atomic mass is 35.5. The van der Waals surface area contributed by atoms with Crippen LogP contribution in [0.3, 0.4) is 0 Å². The third-order valence-electron chi connectivity index (χ3n) is 8.85. The Morgan fingerprint density at radius 2 is 1.98 bits per heavy atom.